The van der Waals surface area contributed by atoms with Crippen LogP contribution in [0.3, 0.4) is 0 Å². The first-order chi connectivity index (χ1) is 13.1. The van der Waals surface area contributed by atoms with Crippen molar-refractivity contribution >= 4 is 29.2 Å². The Morgan fingerprint density at radius 2 is 1.96 bits per heavy atom. The minimum Gasteiger partial charge on any atom is -0.452 e. The van der Waals surface area contributed by atoms with Crippen LogP contribution in [0.25, 0.3) is 0 Å². The number of ether oxygens (including phenoxy) is 1. The summed E-state index contributed by atoms with van der Waals surface area (Å²) in [5.74, 6) is -0.854. The highest BCUT2D eigenvalue weighted by atomic mass is 16.5. The third-order valence-electron chi connectivity index (χ3n) is 5.66. The summed E-state index contributed by atoms with van der Waals surface area (Å²) >= 11 is 0. The first-order valence-electron chi connectivity index (χ1n) is 9.80. The van der Waals surface area contributed by atoms with E-state index in [-0.39, 0.29) is 30.5 Å². The van der Waals surface area contributed by atoms with Crippen molar-refractivity contribution in [3.05, 3.63) is 23.8 Å². The molecule has 7 nitrogen and oxygen atoms in total. The summed E-state index contributed by atoms with van der Waals surface area (Å²) in [6.45, 7) is 0.559. The molecule has 2 aliphatic heterocycles. The van der Waals surface area contributed by atoms with Gasteiger partial charge in [-0.25, -0.2) is 4.79 Å². The lowest BCUT2D eigenvalue weighted by atomic mass is 9.95. The fourth-order valence-electron chi connectivity index (χ4n) is 4.29. The van der Waals surface area contributed by atoms with Crippen molar-refractivity contribution in [2.24, 2.45) is 0 Å². The van der Waals surface area contributed by atoms with Crippen molar-refractivity contribution in [1.82, 2.24) is 5.32 Å². The highest BCUT2D eigenvalue weighted by Gasteiger charge is 2.36. The molecule has 0 bridgehead atoms. The molecule has 1 aromatic carbocycles. The molecule has 7 heteroatoms. The van der Waals surface area contributed by atoms with Crippen LogP contribution >= 0.6 is 0 Å². The van der Waals surface area contributed by atoms with E-state index >= 15 is 0 Å². The number of nitrogens with zero attached hydrogens (tertiary/aromatic N) is 1. The van der Waals surface area contributed by atoms with Gasteiger partial charge in [0.05, 0.1) is 16.9 Å². The van der Waals surface area contributed by atoms with Gasteiger partial charge >= 0.3 is 5.97 Å². The third-order valence-corrected chi connectivity index (χ3v) is 5.66. The number of benzene rings is 1. The first kappa shape index (κ1) is 17.8. The Morgan fingerprint density at radius 3 is 2.78 bits per heavy atom. The molecule has 2 fully saturated rings. The molecule has 4 rings (SSSR count). The topological polar surface area (TPSA) is 87.7 Å². The number of carbonyl (C=O) groups is 3. The number of nitrogens with one attached hydrogen (secondary N) is 2. The SMILES string of the molecule is O=C(COC(=O)c1ccc2c(c1)NC(=O)[C@H]1CCCN21)NC1CCCCC1. The van der Waals surface area contributed by atoms with Crippen LogP contribution in [0.2, 0.25) is 0 Å². The number of rotatable bonds is 4. The van der Waals surface area contributed by atoms with Crippen molar-refractivity contribution in [3.8, 4) is 0 Å². The number of carbonyl (C=O) groups excluding carboxylic acids is 3. The Morgan fingerprint density at radius 1 is 1.15 bits per heavy atom. The normalized spacial score (nSPS) is 21.9. The molecule has 0 radical (unpaired) electrons. The quantitative estimate of drug-likeness (QED) is 0.793. The van der Waals surface area contributed by atoms with Crippen LogP contribution in [0.1, 0.15) is 55.3 Å². The van der Waals surface area contributed by atoms with Crippen molar-refractivity contribution in [1.29, 1.82) is 0 Å². The van der Waals surface area contributed by atoms with Gasteiger partial charge in [0.25, 0.3) is 5.91 Å². The molecular weight excluding hydrogens is 346 g/mol. The molecule has 2 N–H and O–H groups in total. The maximum Gasteiger partial charge on any atom is 0.338 e. The lowest BCUT2D eigenvalue weighted by Gasteiger charge is -2.33. The van der Waals surface area contributed by atoms with Crippen LogP contribution in [0.5, 0.6) is 0 Å². The van der Waals surface area contributed by atoms with Gasteiger partial charge in [0, 0.05) is 12.6 Å². The molecule has 2 amide bonds. The second kappa shape index (κ2) is 7.58. The summed E-state index contributed by atoms with van der Waals surface area (Å²) in [6, 6.07) is 5.23. The molecule has 1 saturated carbocycles. The maximum absolute atomic E-state index is 12.3. The summed E-state index contributed by atoms with van der Waals surface area (Å²) < 4.78 is 5.16. The molecular formula is C20H25N3O4. The van der Waals surface area contributed by atoms with Crippen molar-refractivity contribution < 1.29 is 19.1 Å². The standard InChI is InChI=1S/C20H25N3O4/c24-18(21-14-5-2-1-3-6-14)12-27-20(26)13-8-9-16-15(11-13)22-19(25)17-7-4-10-23(16)17/h8-9,11,14,17H,1-7,10,12H2,(H,21,24)(H,22,25)/t17-/m1/s1. The van der Waals surface area contributed by atoms with Gasteiger partial charge in [-0.2, -0.15) is 0 Å². The second-order valence-electron chi connectivity index (χ2n) is 7.55. The fourth-order valence-corrected chi connectivity index (χ4v) is 4.29. The van der Waals surface area contributed by atoms with Crippen LogP contribution in [0, 0.1) is 0 Å². The van der Waals surface area contributed by atoms with E-state index in [1.165, 1.54) is 6.42 Å². The van der Waals surface area contributed by atoms with Crippen molar-refractivity contribution in [2.45, 2.75) is 57.0 Å². The van der Waals surface area contributed by atoms with Gasteiger partial charge in [-0.15, -0.1) is 0 Å². The summed E-state index contributed by atoms with van der Waals surface area (Å²) in [4.78, 5) is 38.6. The lowest BCUT2D eigenvalue weighted by molar-refractivity contribution is -0.125. The smallest absolute Gasteiger partial charge is 0.338 e. The Bertz CT molecular complexity index is 758. The Kier molecular flexibility index (Phi) is 5.01. The van der Waals surface area contributed by atoms with Crippen LogP contribution in [-0.4, -0.2) is 43.0 Å². The van der Waals surface area contributed by atoms with Gasteiger partial charge in [-0.05, 0) is 43.9 Å². The minimum atomic E-state index is -0.561. The van der Waals surface area contributed by atoms with Gasteiger partial charge < -0.3 is 20.3 Å². The van der Waals surface area contributed by atoms with Gasteiger partial charge in [0.15, 0.2) is 6.61 Å². The number of amides is 2. The molecule has 27 heavy (non-hydrogen) atoms. The zero-order valence-electron chi connectivity index (χ0n) is 15.3. The van der Waals surface area contributed by atoms with Crippen LogP contribution in [0.15, 0.2) is 18.2 Å². The van der Waals surface area contributed by atoms with Crippen LogP contribution in [-0.2, 0) is 14.3 Å². The molecule has 144 valence electrons. The Hall–Kier alpha value is -2.57. The second-order valence-corrected chi connectivity index (χ2v) is 7.55. The molecule has 0 unspecified atom stereocenters. The maximum atomic E-state index is 12.3. The number of hydrogen-bond donors (Lipinski definition) is 2. The predicted molar refractivity (Wildman–Crippen MR) is 101 cm³/mol. The largest absolute Gasteiger partial charge is 0.452 e. The Labute approximate surface area is 158 Å². The highest BCUT2D eigenvalue weighted by Crippen LogP contribution is 2.37. The van der Waals surface area contributed by atoms with Gasteiger partial charge in [0.1, 0.15) is 6.04 Å². The molecule has 0 spiro atoms. The zero-order chi connectivity index (χ0) is 18.8. The van der Waals surface area contributed by atoms with E-state index in [9.17, 15) is 14.4 Å². The summed E-state index contributed by atoms with van der Waals surface area (Å²) in [6.07, 6.45) is 7.29. The van der Waals surface area contributed by atoms with Crippen LogP contribution in [0.4, 0.5) is 11.4 Å². The van der Waals surface area contributed by atoms with E-state index in [4.69, 9.17) is 4.74 Å². The van der Waals surface area contributed by atoms with Crippen LogP contribution < -0.4 is 15.5 Å². The summed E-state index contributed by atoms with van der Waals surface area (Å²) in [5.41, 5.74) is 1.89. The van der Waals surface area contributed by atoms with Gasteiger partial charge in [-0.1, -0.05) is 19.3 Å². The fraction of sp³-hybridized carbons (Fsp3) is 0.550. The zero-order valence-corrected chi connectivity index (χ0v) is 15.3. The molecule has 2 heterocycles. The molecule has 1 aliphatic carbocycles. The number of esters is 1. The van der Waals surface area contributed by atoms with E-state index in [0.29, 0.717) is 11.3 Å². The molecule has 1 atom stereocenters. The molecule has 0 aromatic heterocycles. The lowest BCUT2D eigenvalue weighted by Crippen LogP contribution is -2.43. The van der Waals surface area contributed by atoms with E-state index in [0.717, 1.165) is 50.8 Å². The third kappa shape index (κ3) is 3.77. The average molecular weight is 371 g/mol. The highest BCUT2D eigenvalue weighted by molar-refractivity contribution is 6.05. The van der Waals surface area contributed by atoms with E-state index in [2.05, 4.69) is 15.5 Å². The van der Waals surface area contributed by atoms with E-state index in [1.807, 2.05) is 6.07 Å². The Balaban J connectivity index is 1.36. The monoisotopic (exact) mass is 371 g/mol. The molecule has 3 aliphatic rings. The number of fused-ring (bicyclic) bond motifs is 3. The van der Waals surface area contributed by atoms with E-state index in [1.54, 1.807) is 12.1 Å². The van der Waals surface area contributed by atoms with Crippen molar-refractivity contribution in [3.63, 3.8) is 0 Å². The number of anilines is 2. The predicted octanol–water partition coefficient (Wildman–Crippen LogP) is 2.21. The van der Waals surface area contributed by atoms with Crippen molar-refractivity contribution in [2.75, 3.05) is 23.4 Å². The molecule has 1 aromatic rings. The molecule has 1 saturated heterocycles. The van der Waals surface area contributed by atoms with Gasteiger partial charge in [0.2, 0.25) is 5.91 Å². The summed E-state index contributed by atoms with van der Waals surface area (Å²) in [5, 5.41) is 5.80. The minimum absolute atomic E-state index is 0.0302. The van der Waals surface area contributed by atoms with Gasteiger partial charge in [-0.3, -0.25) is 9.59 Å². The average Bonchev–Trinajstić information content (AvgIpc) is 3.17. The van der Waals surface area contributed by atoms with E-state index < -0.39 is 5.97 Å². The first-order valence-corrected chi connectivity index (χ1v) is 9.80. The number of hydrogen-bond acceptors (Lipinski definition) is 5. The summed E-state index contributed by atoms with van der Waals surface area (Å²) in [7, 11) is 0.